The molecule has 1 heterocycles. The molecule has 0 aromatic heterocycles. The topological polar surface area (TPSA) is 41.9 Å². The predicted molar refractivity (Wildman–Crippen MR) is 70.8 cm³/mol. The molecular weight excluding hydrogens is 260 g/mol. The highest BCUT2D eigenvalue weighted by molar-refractivity contribution is 8.16. The highest BCUT2D eigenvalue weighted by Gasteiger charge is 2.25. The first-order valence-corrected chi connectivity index (χ1v) is 6.48. The van der Waals surface area contributed by atoms with Gasteiger partial charge in [0.05, 0.1) is 12.5 Å². The summed E-state index contributed by atoms with van der Waals surface area (Å²) in [6.45, 7) is 2.09. The average Bonchev–Trinajstić information content (AvgIpc) is 2.28. The number of carbonyl (C=O) groups excluding carboxylic acids is 1. The Morgan fingerprint density at radius 3 is 2.76 bits per heavy atom. The van der Waals surface area contributed by atoms with E-state index in [9.17, 15) is 4.79 Å². The van der Waals surface area contributed by atoms with E-state index in [1.54, 1.807) is 6.92 Å². The van der Waals surface area contributed by atoms with E-state index in [0.717, 1.165) is 11.6 Å². The second-order valence-electron chi connectivity index (χ2n) is 3.27. The molecule has 0 radical (unpaired) electrons. The van der Waals surface area contributed by atoms with E-state index in [-0.39, 0.29) is 0 Å². The van der Waals surface area contributed by atoms with Crippen LogP contribution in [0.3, 0.4) is 0 Å². The summed E-state index contributed by atoms with van der Waals surface area (Å²) in [5, 5.41) is 1.34. The van der Waals surface area contributed by atoms with Crippen LogP contribution in [0.15, 0.2) is 29.3 Å². The molecule has 1 aromatic rings. The van der Waals surface area contributed by atoms with Gasteiger partial charge in [-0.2, -0.15) is 4.99 Å². The van der Waals surface area contributed by atoms with Crippen molar-refractivity contribution in [3.05, 3.63) is 29.3 Å². The zero-order valence-electron chi connectivity index (χ0n) is 9.22. The Labute approximate surface area is 109 Å². The Balaban J connectivity index is 2.08. The summed E-state index contributed by atoms with van der Waals surface area (Å²) in [6.07, 6.45) is -0.548. The molecule has 0 aliphatic carbocycles. The number of benzene rings is 1. The van der Waals surface area contributed by atoms with Gasteiger partial charge in [-0.05, 0) is 31.2 Å². The Hall–Kier alpha value is -1.20. The molecule has 0 atom stereocenters. The van der Waals surface area contributed by atoms with Crippen LogP contribution in [0.1, 0.15) is 6.92 Å². The summed E-state index contributed by atoms with van der Waals surface area (Å²) in [4.78, 5) is 17.0. The molecule has 4 nitrogen and oxygen atoms in total. The number of rotatable bonds is 2. The minimum atomic E-state index is -0.548. The van der Waals surface area contributed by atoms with Crippen molar-refractivity contribution >= 4 is 40.3 Å². The molecule has 0 bridgehead atoms. The van der Waals surface area contributed by atoms with Crippen LogP contribution in [-0.4, -0.2) is 23.7 Å². The molecule has 0 unspecified atom stereocenters. The molecule has 90 valence electrons. The van der Waals surface area contributed by atoms with Crippen molar-refractivity contribution in [1.29, 1.82) is 0 Å². The molecule has 1 saturated heterocycles. The number of halogens is 1. The quantitative estimate of drug-likeness (QED) is 0.826. The number of carbonyl (C=O) groups is 1. The number of amides is 1. The molecule has 6 heteroatoms. The van der Waals surface area contributed by atoms with Crippen molar-refractivity contribution in [2.24, 2.45) is 4.99 Å². The number of ether oxygens (including phenoxy) is 1. The maximum atomic E-state index is 11.2. The number of amidine groups is 1. The number of anilines is 1. The third-order valence-electron chi connectivity index (χ3n) is 2.15. The van der Waals surface area contributed by atoms with E-state index < -0.39 is 6.09 Å². The molecule has 0 saturated carbocycles. The first kappa shape index (κ1) is 12.3. The van der Waals surface area contributed by atoms with Crippen molar-refractivity contribution in [3.63, 3.8) is 0 Å². The van der Waals surface area contributed by atoms with Gasteiger partial charge in [-0.25, -0.2) is 4.79 Å². The minimum Gasteiger partial charge on any atom is -0.448 e. The fourth-order valence-electron chi connectivity index (χ4n) is 1.32. The van der Waals surface area contributed by atoms with Crippen molar-refractivity contribution in [2.75, 3.05) is 17.4 Å². The van der Waals surface area contributed by atoms with Gasteiger partial charge in [0.15, 0.2) is 5.17 Å². The van der Waals surface area contributed by atoms with Crippen molar-refractivity contribution in [3.8, 4) is 0 Å². The maximum absolute atomic E-state index is 11.2. The summed E-state index contributed by atoms with van der Waals surface area (Å²) < 4.78 is 4.76. The molecule has 1 amide bonds. The van der Waals surface area contributed by atoms with Crippen LogP contribution < -0.4 is 4.90 Å². The van der Waals surface area contributed by atoms with E-state index in [0.29, 0.717) is 16.8 Å². The van der Waals surface area contributed by atoms with Crippen LogP contribution in [-0.2, 0) is 4.74 Å². The Bertz CT molecular complexity index is 447. The minimum absolute atomic E-state index is 0.335. The Morgan fingerprint density at radius 2 is 2.24 bits per heavy atom. The number of nitrogens with zero attached hydrogens (tertiary/aromatic N) is 2. The Morgan fingerprint density at radius 1 is 1.53 bits per heavy atom. The molecule has 2 rings (SSSR count). The van der Waals surface area contributed by atoms with Crippen molar-refractivity contribution in [1.82, 2.24) is 0 Å². The second-order valence-corrected chi connectivity index (χ2v) is 4.62. The van der Waals surface area contributed by atoms with Crippen LogP contribution in [0, 0.1) is 0 Å². The SMILES string of the molecule is CCOC(=O)/N=C1/SCN1c1ccc(Cl)cc1. The summed E-state index contributed by atoms with van der Waals surface area (Å²) in [6, 6.07) is 7.40. The fourth-order valence-corrected chi connectivity index (χ4v) is 2.21. The van der Waals surface area contributed by atoms with Crippen molar-refractivity contribution in [2.45, 2.75) is 6.92 Å². The fraction of sp³-hybridized carbons (Fsp3) is 0.273. The van der Waals surface area contributed by atoms with Crippen LogP contribution in [0.25, 0.3) is 0 Å². The number of aliphatic imine (C=N–C) groups is 1. The standard InChI is InChI=1S/C11H11ClN2O2S/c1-2-16-11(15)13-10-14(7-17-10)9-5-3-8(12)4-6-9/h3-6H,2,7H2,1H3/b13-10+. The van der Waals surface area contributed by atoms with Gasteiger partial charge in [-0.3, -0.25) is 0 Å². The molecular formula is C11H11ClN2O2S. The summed E-state index contributed by atoms with van der Waals surface area (Å²) in [5.41, 5.74) is 0.969. The lowest BCUT2D eigenvalue weighted by Crippen LogP contribution is -2.39. The van der Waals surface area contributed by atoms with E-state index in [1.807, 2.05) is 29.2 Å². The largest absolute Gasteiger partial charge is 0.448 e. The van der Waals surface area contributed by atoms with Gasteiger partial charge >= 0.3 is 6.09 Å². The van der Waals surface area contributed by atoms with Gasteiger partial charge in [-0.15, -0.1) is 0 Å². The number of thioether (sulfide) groups is 1. The average molecular weight is 271 g/mol. The number of hydrogen-bond donors (Lipinski definition) is 0. The molecule has 0 N–H and O–H groups in total. The molecule has 1 aliphatic heterocycles. The van der Waals surface area contributed by atoms with Gasteiger partial charge in [0.25, 0.3) is 0 Å². The smallest absolute Gasteiger partial charge is 0.436 e. The monoisotopic (exact) mass is 270 g/mol. The summed E-state index contributed by atoms with van der Waals surface area (Å²) >= 11 is 7.32. The van der Waals surface area contributed by atoms with Gasteiger partial charge < -0.3 is 9.64 Å². The van der Waals surface area contributed by atoms with Gasteiger partial charge in [0.1, 0.15) is 0 Å². The van der Waals surface area contributed by atoms with E-state index >= 15 is 0 Å². The predicted octanol–water partition coefficient (Wildman–Crippen LogP) is 3.36. The van der Waals surface area contributed by atoms with E-state index in [2.05, 4.69) is 4.99 Å². The van der Waals surface area contributed by atoms with Gasteiger partial charge in [-0.1, -0.05) is 23.4 Å². The molecule has 1 aromatic carbocycles. The highest BCUT2D eigenvalue weighted by atomic mass is 35.5. The zero-order chi connectivity index (χ0) is 12.3. The maximum Gasteiger partial charge on any atom is 0.436 e. The third kappa shape index (κ3) is 2.92. The van der Waals surface area contributed by atoms with Gasteiger partial charge in [0, 0.05) is 10.7 Å². The number of hydrogen-bond acceptors (Lipinski definition) is 3. The summed E-state index contributed by atoms with van der Waals surface area (Å²) in [7, 11) is 0. The zero-order valence-corrected chi connectivity index (χ0v) is 10.8. The van der Waals surface area contributed by atoms with E-state index in [1.165, 1.54) is 11.8 Å². The summed E-state index contributed by atoms with van der Waals surface area (Å²) in [5.74, 6) is 0.778. The molecule has 0 spiro atoms. The van der Waals surface area contributed by atoms with Crippen LogP contribution in [0.5, 0.6) is 0 Å². The Kier molecular flexibility index (Phi) is 3.91. The highest BCUT2D eigenvalue weighted by Crippen LogP contribution is 2.30. The lowest BCUT2D eigenvalue weighted by molar-refractivity contribution is 0.163. The normalized spacial score (nSPS) is 16.8. The lowest BCUT2D eigenvalue weighted by Gasteiger charge is -2.33. The molecule has 17 heavy (non-hydrogen) atoms. The van der Waals surface area contributed by atoms with E-state index in [4.69, 9.17) is 16.3 Å². The first-order valence-electron chi connectivity index (χ1n) is 5.12. The van der Waals surface area contributed by atoms with Crippen LogP contribution in [0.2, 0.25) is 5.02 Å². The van der Waals surface area contributed by atoms with Crippen LogP contribution in [0.4, 0.5) is 10.5 Å². The van der Waals surface area contributed by atoms with Crippen LogP contribution >= 0.6 is 23.4 Å². The second kappa shape index (κ2) is 5.42. The molecule has 1 aliphatic rings. The first-order chi connectivity index (χ1) is 8.20. The molecule has 1 fully saturated rings. The van der Waals surface area contributed by atoms with Gasteiger partial charge in [0.2, 0.25) is 0 Å². The van der Waals surface area contributed by atoms with Crippen molar-refractivity contribution < 1.29 is 9.53 Å². The third-order valence-corrected chi connectivity index (χ3v) is 3.36. The lowest BCUT2D eigenvalue weighted by atomic mass is 10.3.